The lowest BCUT2D eigenvalue weighted by Crippen LogP contribution is -2.51. The predicted molar refractivity (Wildman–Crippen MR) is 152 cm³/mol. The highest BCUT2D eigenvalue weighted by Crippen LogP contribution is 2.25. The molecule has 9 heteroatoms. The summed E-state index contributed by atoms with van der Waals surface area (Å²) in [5, 5.41) is 3.43. The Kier molecular flexibility index (Phi) is 10.3. The molecule has 3 rings (SSSR count). The summed E-state index contributed by atoms with van der Waals surface area (Å²) >= 11 is 6.03. The van der Waals surface area contributed by atoms with Crippen LogP contribution in [0.3, 0.4) is 0 Å². The van der Waals surface area contributed by atoms with Crippen molar-refractivity contribution < 1.29 is 18.0 Å². The Morgan fingerprint density at radius 2 is 1.58 bits per heavy atom. The molecule has 202 valence electrons. The Hall–Kier alpha value is -3.36. The molecule has 0 heterocycles. The average molecular weight is 556 g/mol. The fraction of sp³-hybridized carbons (Fsp3) is 0.310. The fourth-order valence-electron chi connectivity index (χ4n) is 3.86. The van der Waals surface area contributed by atoms with Gasteiger partial charge in [0.15, 0.2) is 0 Å². The molecule has 3 aromatic carbocycles. The van der Waals surface area contributed by atoms with E-state index in [9.17, 15) is 18.0 Å². The molecule has 0 radical (unpaired) electrons. The Bertz CT molecular complexity index is 1310. The standard InChI is InChI=1S/C29H34ClN3O4S/c1-4-5-19-31-29(35)23(3)32(20-24-13-15-25(30)16-14-24)28(34)21-33(26-17-11-22(2)12-18-26)38(36,37)27-9-7-6-8-10-27/h6-18,23H,4-5,19-21H2,1-3H3,(H,31,35)/t23-/m0/s1. The molecule has 0 aromatic heterocycles. The quantitative estimate of drug-likeness (QED) is 0.312. The van der Waals surface area contributed by atoms with Crippen molar-refractivity contribution in [3.8, 4) is 0 Å². The number of hydrogen-bond acceptors (Lipinski definition) is 4. The normalized spacial score (nSPS) is 12.0. The van der Waals surface area contributed by atoms with Gasteiger partial charge in [-0.3, -0.25) is 13.9 Å². The van der Waals surface area contributed by atoms with Crippen LogP contribution >= 0.6 is 11.6 Å². The van der Waals surface area contributed by atoms with Crippen molar-refractivity contribution >= 4 is 39.1 Å². The molecule has 0 unspecified atom stereocenters. The molecule has 0 fully saturated rings. The molecule has 0 aliphatic rings. The third-order valence-corrected chi connectivity index (χ3v) is 8.24. The molecule has 0 spiro atoms. The number of anilines is 1. The van der Waals surface area contributed by atoms with E-state index in [0.717, 1.165) is 28.3 Å². The summed E-state index contributed by atoms with van der Waals surface area (Å²) < 4.78 is 28.5. The predicted octanol–water partition coefficient (Wildman–Crippen LogP) is 5.18. The van der Waals surface area contributed by atoms with E-state index in [0.29, 0.717) is 17.3 Å². The van der Waals surface area contributed by atoms with Crippen molar-refractivity contribution in [2.45, 2.75) is 51.1 Å². The number of carbonyl (C=O) groups excluding carboxylic acids is 2. The van der Waals surface area contributed by atoms with Crippen LogP contribution in [0.25, 0.3) is 0 Å². The highest BCUT2D eigenvalue weighted by atomic mass is 35.5. The van der Waals surface area contributed by atoms with Crippen LogP contribution in [0, 0.1) is 6.92 Å². The van der Waals surface area contributed by atoms with Gasteiger partial charge in [-0.05, 0) is 62.2 Å². The number of rotatable bonds is 12. The second kappa shape index (κ2) is 13.4. The summed E-state index contributed by atoms with van der Waals surface area (Å²) in [6.45, 7) is 5.72. The van der Waals surface area contributed by atoms with Crippen LogP contribution in [0.5, 0.6) is 0 Å². The molecule has 0 aliphatic heterocycles. The van der Waals surface area contributed by atoms with Crippen LogP contribution in [0.4, 0.5) is 5.69 Å². The molecule has 1 atom stereocenters. The van der Waals surface area contributed by atoms with Gasteiger partial charge < -0.3 is 10.2 Å². The van der Waals surface area contributed by atoms with Crippen molar-refractivity contribution in [1.82, 2.24) is 10.2 Å². The summed E-state index contributed by atoms with van der Waals surface area (Å²) in [4.78, 5) is 28.3. The first kappa shape index (κ1) is 29.2. The average Bonchev–Trinajstić information content (AvgIpc) is 2.92. The highest BCUT2D eigenvalue weighted by molar-refractivity contribution is 7.92. The van der Waals surface area contributed by atoms with Crippen molar-refractivity contribution in [3.63, 3.8) is 0 Å². The maximum absolute atomic E-state index is 13.8. The van der Waals surface area contributed by atoms with Gasteiger partial charge in [0.05, 0.1) is 10.6 Å². The third kappa shape index (κ3) is 7.58. The van der Waals surface area contributed by atoms with Crippen molar-refractivity contribution in [3.05, 3.63) is 95.0 Å². The maximum atomic E-state index is 13.8. The Morgan fingerprint density at radius 3 is 2.18 bits per heavy atom. The zero-order valence-electron chi connectivity index (χ0n) is 21.9. The van der Waals surface area contributed by atoms with Crippen molar-refractivity contribution in [1.29, 1.82) is 0 Å². The van der Waals surface area contributed by atoms with Crippen molar-refractivity contribution in [2.24, 2.45) is 0 Å². The van der Waals surface area contributed by atoms with Crippen molar-refractivity contribution in [2.75, 3.05) is 17.4 Å². The largest absolute Gasteiger partial charge is 0.354 e. The summed E-state index contributed by atoms with van der Waals surface area (Å²) in [6.07, 6.45) is 1.74. The lowest BCUT2D eigenvalue weighted by Gasteiger charge is -2.32. The number of halogens is 1. The first-order valence-corrected chi connectivity index (χ1v) is 14.4. The number of sulfonamides is 1. The number of hydrogen-bond donors (Lipinski definition) is 1. The van der Waals surface area contributed by atoms with Gasteiger partial charge >= 0.3 is 0 Å². The van der Waals surface area contributed by atoms with Crippen LogP contribution in [0.15, 0.2) is 83.8 Å². The number of unbranched alkanes of at least 4 members (excludes halogenated alkanes) is 1. The third-order valence-electron chi connectivity index (χ3n) is 6.20. The Balaban J connectivity index is 1.97. The molecule has 3 aromatic rings. The minimum absolute atomic E-state index is 0.0722. The van der Waals surface area contributed by atoms with Gasteiger partial charge in [0.2, 0.25) is 11.8 Å². The number of amides is 2. The van der Waals surface area contributed by atoms with Crippen LogP contribution in [-0.2, 0) is 26.2 Å². The minimum atomic E-state index is -4.07. The van der Waals surface area contributed by atoms with E-state index in [-0.39, 0.29) is 17.3 Å². The van der Waals surface area contributed by atoms with E-state index < -0.39 is 28.5 Å². The van der Waals surface area contributed by atoms with E-state index in [1.54, 1.807) is 73.7 Å². The molecule has 0 saturated heterocycles. The van der Waals surface area contributed by atoms with E-state index >= 15 is 0 Å². The molecule has 1 N–H and O–H groups in total. The molecular formula is C29H34ClN3O4S. The topological polar surface area (TPSA) is 86.8 Å². The highest BCUT2D eigenvalue weighted by Gasteiger charge is 2.32. The van der Waals surface area contributed by atoms with E-state index in [1.165, 1.54) is 17.0 Å². The number of carbonyl (C=O) groups is 2. The minimum Gasteiger partial charge on any atom is -0.354 e. The summed E-state index contributed by atoms with van der Waals surface area (Å²) in [5.41, 5.74) is 2.09. The second-order valence-corrected chi connectivity index (χ2v) is 11.4. The summed E-state index contributed by atoms with van der Waals surface area (Å²) in [6, 6.07) is 21.1. The molecule has 0 saturated carbocycles. The van der Waals surface area contributed by atoms with Crippen LogP contribution in [0.2, 0.25) is 5.02 Å². The van der Waals surface area contributed by atoms with E-state index in [4.69, 9.17) is 11.6 Å². The number of nitrogens with one attached hydrogen (secondary N) is 1. The number of nitrogens with zero attached hydrogens (tertiary/aromatic N) is 2. The molecule has 0 bridgehead atoms. The second-order valence-electron chi connectivity index (χ2n) is 9.13. The van der Waals surface area contributed by atoms with Gasteiger partial charge in [0, 0.05) is 18.1 Å². The fourth-order valence-corrected chi connectivity index (χ4v) is 5.43. The van der Waals surface area contributed by atoms with Gasteiger partial charge in [-0.25, -0.2) is 8.42 Å². The van der Waals surface area contributed by atoms with Gasteiger partial charge in [0.25, 0.3) is 10.0 Å². The molecule has 7 nitrogen and oxygen atoms in total. The molecule has 2 amide bonds. The van der Waals surface area contributed by atoms with E-state index in [1.807, 2.05) is 13.8 Å². The first-order valence-electron chi connectivity index (χ1n) is 12.6. The van der Waals surface area contributed by atoms with Crippen LogP contribution in [0.1, 0.15) is 37.8 Å². The Morgan fingerprint density at radius 1 is 0.947 bits per heavy atom. The van der Waals surface area contributed by atoms with Crippen LogP contribution in [-0.4, -0.2) is 44.3 Å². The SMILES string of the molecule is CCCCNC(=O)[C@H](C)N(Cc1ccc(Cl)cc1)C(=O)CN(c1ccc(C)cc1)S(=O)(=O)c1ccccc1. The van der Waals surface area contributed by atoms with E-state index in [2.05, 4.69) is 5.32 Å². The summed E-state index contributed by atoms with van der Waals surface area (Å²) in [5.74, 6) is -0.799. The van der Waals surface area contributed by atoms with Gasteiger partial charge in [-0.2, -0.15) is 0 Å². The maximum Gasteiger partial charge on any atom is 0.264 e. The lowest BCUT2D eigenvalue weighted by atomic mass is 10.1. The monoisotopic (exact) mass is 555 g/mol. The zero-order chi connectivity index (χ0) is 27.7. The molecular weight excluding hydrogens is 522 g/mol. The smallest absolute Gasteiger partial charge is 0.264 e. The lowest BCUT2D eigenvalue weighted by molar-refractivity contribution is -0.139. The van der Waals surface area contributed by atoms with Crippen LogP contribution < -0.4 is 9.62 Å². The summed E-state index contributed by atoms with van der Waals surface area (Å²) in [7, 11) is -4.07. The van der Waals surface area contributed by atoms with Gasteiger partial charge in [0.1, 0.15) is 12.6 Å². The zero-order valence-corrected chi connectivity index (χ0v) is 23.5. The molecule has 38 heavy (non-hydrogen) atoms. The molecule has 0 aliphatic carbocycles. The first-order chi connectivity index (χ1) is 18.1. The van der Waals surface area contributed by atoms with Gasteiger partial charge in [-0.1, -0.05) is 73.0 Å². The van der Waals surface area contributed by atoms with Gasteiger partial charge in [-0.15, -0.1) is 0 Å². The number of aryl methyl sites for hydroxylation is 1. The number of benzene rings is 3. The Labute approximate surface area is 230 Å².